The predicted molar refractivity (Wildman–Crippen MR) is 91.5 cm³/mol. The fraction of sp³-hybridized carbons (Fsp3) is 0.0588. The maximum absolute atomic E-state index is 12.3. The molecule has 0 aliphatic carbocycles. The Morgan fingerprint density at radius 1 is 1.17 bits per heavy atom. The zero-order valence-corrected chi connectivity index (χ0v) is 13.4. The lowest BCUT2D eigenvalue weighted by Crippen LogP contribution is -2.21. The van der Waals surface area contributed by atoms with Crippen LogP contribution in [-0.2, 0) is 14.3 Å². The highest BCUT2D eigenvalue weighted by atomic mass is 32.2. The van der Waals surface area contributed by atoms with Crippen LogP contribution in [0.1, 0.15) is 10.4 Å². The fourth-order valence-corrected chi connectivity index (χ4v) is 2.91. The molecule has 0 bridgehead atoms. The van der Waals surface area contributed by atoms with Crippen molar-refractivity contribution < 1.29 is 19.1 Å². The second kappa shape index (κ2) is 6.67. The van der Waals surface area contributed by atoms with E-state index in [-0.39, 0.29) is 10.1 Å². The molecule has 0 saturated carbocycles. The molecule has 120 valence electrons. The molecule has 0 atom stereocenters. The summed E-state index contributed by atoms with van der Waals surface area (Å²) in [6, 6.07) is 12.9. The molecular formula is C17H12N2O4S. The lowest BCUT2D eigenvalue weighted by atomic mass is 10.1. The zero-order valence-electron chi connectivity index (χ0n) is 12.6. The van der Waals surface area contributed by atoms with Gasteiger partial charge in [0, 0.05) is 11.6 Å². The average molecular weight is 340 g/mol. The van der Waals surface area contributed by atoms with Gasteiger partial charge in [-0.15, -0.1) is 0 Å². The van der Waals surface area contributed by atoms with Gasteiger partial charge in [0.05, 0.1) is 12.0 Å². The van der Waals surface area contributed by atoms with Gasteiger partial charge in [-0.2, -0.15) is 4.99 Å². The van der Waals surface area contributed by atoms with E-state index in [0.29, 0.717) is 5.56 Å². The molecule has 24 heavy (non-hydrogen) atoms. The van der Waals surface area contributed by atoms with E-state index in [4.69, 9.17) is 0 Å². The molecule has 1 aliphatic heterocycles. The first-order chi connectivity index (χ1) is 11.6. The van der Waals surface area contributed by atoms with E-state index in [9.17, 15) is 14.4 Å². The van der Waals surface area contributed by atoms with Crippen molar-refractivity contribution in [3.8, 4) is 0 Å². The van der Waals surface area contributed by atoms with E-state index in [0.717, 1.165) is 28.6 Å². The number of methoxy groups -OCH3 is 1. The van der Waals surface area contributed by atoms with Gasteiger partial charge < -0.3 is 10.1 Å². The number of amides is 2. The molecule has 1 N–H and O–H groups in total. The number of ether oxygens (including phenoxy) is 1. The number of rotatable bonds is 2. The quantitative estimate of drug-likeness (QED) is 0.669. The van der Waals surface area contributed by atoms with E-state index in [1.807, 2.05) is 30.3 Å². The maximum Gasteiger partial charge on any atom is 0.331 e. The number of hydrogen-bond acceptors (Lipinski definition) is 5. The summed E-state index contributed by atoms with van der Waals surface area (Å²) in [4.78, 5) is 39.2. The predicted octanol–water partition coefficient (Wildman–Crippen LogP) is 2.26. The van der Waals surface area contributed by atoms with Crippen molar-refractivity contribution in [2.24, 2.45) is 4.99 Å². The van der Waals surface area contributed by atoms with Crippen molar-refractivity contribution >= 4 is 45.5 Å². The third kappa shape index (κ3) is 3.36. The molecular weight excluding hydrogens is 328 g/mol. The summed E-state index contributed by atoms with van der Waals surface area (Å²) in [7, 11) is 1.22. The third-order valence-electron chi connectivity index (χ3n) is 3.30. The first kappa shape index (κ1) is 15.9. The van der Waals surface area contributed by atoms with Crippen molar-refractivity contribution in [3.05, 3.63) is 59.0 Å². The van der Waals surface area contributed by atoms with Crippen LogP contribution in [0.3, 0.4) is 0 Å². The average Bonchev–Trinajstić information content (AvgIpc) is 2.93. The van der Waals surface area contributed by atoms with Crippen molar-refractivity contribution in [1.29, 1.82) is 0 Å². The fourth-order valence-electron chi connectivity index (χ4n) is 2.13. The van der Waals surface area contributed by atoms with Gasteiger partial charge in [0.25, 0.3) is 11.8 Å². The number of aliphatic imine (C=N–C) groups is 1. The number of esters is 1. The molecule has 0 radical (unpaired) electrons. The Hall–Kier alpha value is -2.93. The Kier molecular flexibility index (Phi) is 4.43. The lowest BCUT2D eigenvalue weighted by Gasteiger charge is -2.00. The van der Waals surface area contributed by atoms with Crippen LogP contribution in [0, 0.1) is 0 Å². The number of hydrogen-bond donors (Lipinski definition) is 1. The highest BCUT2D eigenvalue weighted by molar-refractivity contribution is 8.18. The minimum Gasteiger partial charge on any atom is -0.466 e. The number of benzene rings is 2. The minimum absolute atomic E-state index is 0.131. The third-order valence-corrected chi connectivity index (χ3v) is 4.21. The summed E-state index contributed by atoms with van der Waals surface area (Å²) in [5.74, 6) is -1.60. The molecule has 0 spiro atoms. The summed E-state index contributed by atoms with van der Waals surface area (Å²) in [5, 5.41) is 4.53. The number of fused-ring (bicyclic) bond motifs is 1. The highest BCUT2D eigenvalue weighted by Crippen LogP contribution is 2.24. The zero-order chi connectivity index (χ0) is 17.1. The Morgan fingerprint density at radius 3 is 2.67 bits per heavy atom. The van der Waals surface area contributed by atoms with Crippen LogP contribution in [0.15, 0.2) is 58.4 Å². The number of nitrogens with one attached hydrogen (secondary N) is 1. The van der Waals surface area contributed by atoms with E-state index < -0.39 is 17.8 Å². The standard InChI is InChI=1S/C17H12N2O4S/c1-23-14(20)9-13-16(22)19-17(24-13)18-15(21)12-7-6-10-4-2-3-5-11(10)8-12/h2-9H,1H3,(H,18,19,21,22). The second-order valence-electron chi connectivity index (χ2n) is 4.87. The molecule has 0 aromatic heterocycles. The number of thioether (sulfide) groups is 1. The van der Waals surface area contributed by atoms with Crippen LogP contribution in [0.25, 0.3) is 10.8 Å². The van der Waals surface area contributed by atoms with Crippen LogP contribution in [0.5, 0.6) is 0 Å². The molecule has 3 rings (SSSR count). The first-order valence-electron chi connectivity index (χ1n) is 6.97. The number of nitrogens with zero attached hydrogens (tertiary/aromatic N) is 1. The number of carbonyl (C=O) groups excluding carboxylic acids is 3. The van der Waals surface area contributed by atoms with E-state index >= 15 is 0 Å². The van der Waals surface area contributed by atoms with E-state index in [2.05, 4.69) is 15.0 Å². The van der Waals surface area contributed by atoms with Gasteiger partial charge in [0.1, 0.15) is 0 Å². The van der Waals surface area contributed by atoms with Gasteiger partial charge in [-0.25, -0.2) is 4.79 Å². The van der Waals surface area contributed by atoms with Crippen LogP contribution in [-0.4, -0.2) is 30.1 Å². The SMILES string of the molecule is COC(=O)C=C1SC(=NC(=O)c2ccc3ccccc3c2)NC1=O. The van der Waals surface area contributed by atoms with Crippen LogP contribution < -0.4 is 5.32 Å². The minimum atomic E-state index is -0.644. The molecule has 2 aromatic rings. The molecule has 2 amide bonds. The van der Waals surface area contributed by atoms with E-state index in [1.54, 1.807) is 12.1 Å². The van der Waals surface area contributed by atoms with Gasteiger partial charge in [0.2, 0.25) is 0 Å². The number of amidine groups is 1. The monoisotopic (exact) mass is 340 g/mol. The van der Waals surface area contributed by atoms with Crippen molar-refractivity contribution in [2.75, 3.05) is 7.11 Å². The number of carbonyl (C=O) groups is 3. The lowest BCUT2D eigenvalue weighted by molar-refractivity contribution is -0.135. The van der Waals surface area contributed by atoms with Gasteiger partial charge in [-0.1, -0.05) is 30.3 Å². The van der Waals surface area contributed by atoms with E-state index in [1.165, 1.54) is 7.11 Å². The highest BCUT2D eigenvalue weighted by Gasteiger charge is 2.25. The maximum atomic E-state index is 12.3. The largest absolute Gasteiger partial charge is 0.466 e. The summed E-state index contributed by atoms with van der Waals surface area (Å²) in [5.41, 5.74) is 0.418. The van der Waals surface area contributed by atoms with Crippen molar-refractivity contribution in [1.82, 2.24) is 5.32 Å². The molecule has 6 nitrogen and oxygen atoms in total. The Bertz CT molecular complexity index is 918. The topological polar surface area (TPSA) is 84.8 Å². The van der Waals surface area contributed by atoms with Gasteiger partial charge >= 0.3 is 5.97 Å². The molecule has 1 heterocycles. The molecule has 1 aliphatic rings. The molecule has 1 fully saturated rings. The molecule has 0 unspecified atom stereocenters. The summed E-state index contributed by atoms with van der Waals surface area (Å²) < 4.78 is 4.47. The Morgan fingerprint density at radius 2 is 1.92 bits per heavy atom. The van der Waals surface area contributed by atoms with Crippen molar-refractivity contribution in [2.45, 2.75) is 0 Å². The summed E-state index contributed by atoms with van der Waals surface area (Å²) in [6.07, 6.45) is 1.06. The summed E-state index contributed by atoms with van der Waals surface area (Å²) >= 11 is 0.918. The normalized spacial score (nSPS) is 17.3. The molecule has 2 aromatic carbocycles. The van der Waals surface area contributed by atoms with Crippen LogP contribution >= 0.6 is 11.8 Å². The van der Waals surface area contributed by atoms with Crippen LogP contribution in [0.4, 0.5) is 0 Å². The first-order valence-corrected chi connectivity index (χ1v) is 7.79. The van der Waals surface area contributed by atoms with Gasteiger partial charge in [-0.05, 0) is 34.7 Å². The molecule has 7 heteroatoms. The summed E-state index contributed by atoms with van der Waals surface area (Å²) in [6.45, 7) is 0. The second-order valence-corrected chi connectivity index (χ2v) is 5.90. The Labute approximate surface area is 141 Å². The van der Waals surface area contributed by atoms with Gasteiger partial charge in [-0.3, -0.25) is 9.59 Å². The van der Waals surface area contributed by atoms with Gasteiger partial charge in [0.15, 0.2) is 5.17 Å². The Balaban J connectivity index is 1.83. The van der Waals surface area contributed by atoms with Crippen LogP contribution in [0.2, 0.25) is 0 Å². The van der Waals surface area contributed by atoms with Crippen molar-refractivity contribution in [3.63, 3.8) is 0 Å². The molecule has 1 saturated heterocycles. The smallest absolute Gasteiger partial charge is 0.331 e.